The zero-order chi connectivity index (χ0) is 15.7. The van der Waals surface area contributed by atoms with Crippen LogP contribution in [-0.4, -0.2) is 17.1 Å². The van der Waals surface area contributed by atoms with Crippen LogP contribution in [0.4, 0.5) is 0 Å². The first-order valence-corrected chi connectivity index (χ1v) is 8.07. The summed E-state index contributed by atoms with van der Waals surface area (Å²) in [6, 6.07) is 7.81. The van der Waals surface area contributed by atoms with E-state index in [9.17, 15) is 0 Å². The molecule has 112 valence electrons. The van der Waals surface area contributed by atoms with Crippen LogP contribution in [0.2, 0.25) is 5.15 Å². The van der Waals surface area contributed by atoms with Crippen molar-refractivity contribution >= 4 is 22.9 Å². The second-order valence-electron chi connectivity index (χ2n) is 5.04. The Kier molecular flexibility index (Phi) is 4.14. The van der Waals surface area contributed by atoms with Crippen LogP contribution in [0.5, 0.6) is 5.75 Å². The molecule has 1 aromatic carbocycles. The van der Waals surface area contributed by atoms with Gasteiger partial charge in [-0.3, -0.25) is 0 Å². The number of aromatic nitrogens is 2. The summed E-state index contributed by atoms with van der Waals surface area (Å²) < 4.78 is 5.32. The third-order valence-electron chi connectivity index (χ3n) is 3.48. The molecule has 0 unspecified atom stereocenters. The summed E-state index contributed by atoms with van der Waals surface area (Å²) in [5.74, 6) is 0.870. The van der Waals surface area contributed by atoms with Gasteiger partial charge in [-0.05, 0) is 49.2 Å². The minimum atomic E-state index is 0.478. The molecular weight excluding hydrogens is 316 g/mol. The lowest BCUT2D eigenvalue weighted by Crippen LogP contribution is -1.92. The molecule has 0 amide bonds. The van der Waals surface area contributed by atoms with Crippen molar-refractivity contribution in [3.8, 4) is 27.6 Å². The van der Waals surface area contributed by atoms with E-state index in [0.717, 1.165) is 38.7 Å². The van der Waals surface area contributed by atoms with Crippen LogP contribution in [0.3, 0.4) is 0 Å². The minimum absolute atomic E-state index is 0.478. The molecule has 3 aromatic rings. The number of halogens is 1. The number of aryl methyl sites for hydroxylation is 2. The maximum Gasteiger partial charge on any atom is 0.129 e. The summed E-state index contributed by atoms with van der Waals surface area (Å²) in [6.07, 6.45) is 1.70. The Bertz CT molecular complexity index is 806. The van der Waals surface area contributed by atoms with Gasteiger partial charge in [-0.25, -0.2) is 9.97 Å². The van der Waals surface area contributed by atoms with E-state index in [0.29, 0.717) is 5.15 Å². The smallest absolute Gasteiger partial charge is 0.129 e. The molecular formula is C17H15ClN2OS. The van der Waals surface area contributed by atoms with Crippen LogP contribution in [0.1, 0.15) is 11.1 Å². The predicted octanol–water partition coefficient (Wildman–Crippen LogP) is 5.15. The van der Waals surface area contributed by atoms with E-state index < -0.39 is 0 Å². The van der Waals surface area contributed by atoms with E-state index in [-0.39, 0.29) is 0 Å². The van der Waals surface area contributed by atoms with E-state index in [1.807, 2.05) is 24.3 Å². The number of ether oxygens (including phenoxy) is 1. The second-order valence-corrected chi connectivity index (χ2v) is 6.29. The highest BCUT2D eigenvalue weighted by atomic mass is 35.5. The first-order valence-electron chi connectivity index (χ1n) is 6.81. The molecule has 0 radical (unpaired) electrons. The Hall–Kier alpha value is -1.91. The highest BCUT2D eigenvalue weighted by Crippen LogP contribution is 2.34. The van der Waals surface area contributed by atoms with Gasteiger partial charge in [0.1, 0.15) is 15.9 Å². The lowest BCUT2D eigenvalue weighted by atomic mass is 10.0. The average molecular weight is 331 g/mol. The molecule has 0 aliphatic carbocycles. The SMILES string of the molecule is COc1cc(C)c(-c2csc(-c3ccnc(Cl)c3)n2)c(C)c1. The molecule has 0 N–H and O–H groups in total. The van der Waals surface area contributed by atoms with Gasteiger partial charge < -0.3 is 4.74 Å². The molecule has 3 rings (SSSR count). The Morgan fingerprint density at radius 3 is 2.50 bits per heavy atom. The number of benzene rings is 1. The molecule has 2 heterocycles. The summed E-state index contributed by atoms with van der Waals surface area (Å²) >= 11 is 7.56. The maximum atomic E-state index is 5.95. The van der Waals surface area contributed by atoms with Crippen molar-refractivity contribution in [1.82, 2.24) is 9.97 Å². The van der Waals surface area contributed by atoms with Crippen LogP contribution in [-0.2, 0) is 0 Å². The zero-order valence-electron chi connectivity index (χ0n) is 12.6. The minimum Gasteiger partial charge on any atom is -0.497 e. The van der Waals surface area contributed by atoms with Crippen LogP contribution in [0.25, 0.3) is 21.8 Å². The largest absolute Gasteiger partial charge is 0.497 e. The van der Waals surface area contributed by atoms with Gasteiger partial charge in [0.25, 0.3) is 0 Å². The van der Waals surface area contributed by atoms with Gasteiger partial charge in [0.15, 0.2) is 0 Å². The molecule has 0 fully saturated rings. The molecule has 0 spiro atoms. The van der Waals surface area contributed by atoms with Crippen molar-refractivity contribution in [3.05, 3.63) is 52.1 Å². The van der Waals surface area contributed by atoms with Crippen LogP contribution in [0.15, 0.2) is 35.8 Å². The number of pyridine rings is 1. The fraction of sp³-hybridized carbons (Fsp3) is 0.176. The summed E-state index contributed by atoms with van der Waals surface area (Å²) in [7, 11) is 1.68. The number of methoxy groups -OCH3 is 1. The summed E-state index contributed by atoms with van der Waals surface area (Å²) in [6.45, 7) is 4.15. The molecule has 0 bridgehead atoms. The quantitative estimate of drug-likeness (QED) is 0.623. The second kappa shape index (κ2) is 6.07. The van der Waals surface area contributed by atoms with Gasteiger partial charge in [-0.1, -0.05) is 11.6 Å². The van der Waals surface area contributed by atoms with Crippen molar-refractivity contribution in [1.29, 1.82) is 0 Å². The van der Waals surface area contributed by atoms with Crippen molar-refractivity contribution in [2.24, 2.45) is 0 Å². The van der Waals surface area contributed by atoms with E-state index in [1.54, 1.807) is 24.6 Å². The van der Waals surface area contributed by atoms with Crippen molar-refractivity contribution < 1.29 is 4.74 Å². The van der Waals surface area contributed by atoms with E-state index >= 15 is 0 Å². The predicted molar refractivity (Wildman–Crippen MR) is 91.8 cm³/mol. The molecule has 0 atom stereocenters. The van der Waals surface area contributed by atoms with Crippen molar-refractivity contribution in [2.75, 3.05) is 7.11 Å². The summed E-state index contributed by atoms with van der Waals surface area (Å²) in [4.78, 5) is 8.77. The Balaban J connectivity index is 2.05. The fourth-order valence-electron chi connectivity index (χ4n) is 2.50. The fourth-order valence-corrected chi connectivity index (χ4v) is 3.48. The van der Waals surface area contributed by atoms with E-state index in [2.05, 4.69) is 24.2 Å². The maximum absolute atomic E-state index is 5.95. The number of thiazole rings is 1. The van der Waals surface area contributed by atoms with Crippen molar-refractivity contribution in [2.45, 2.75) is 13.8 Å². The van der Waals surface area contributed by atoms with Crippen molar-refractivity contribution in [3.63, 3.8) is 0 Å². The first kappa shape index (κ1) is 15.0. The zero-order valence-corrected chi connectivity index (χ0v) is 14.1. The van der Waals surface area contributed by atoms with Gasteiger partial charge in [0.05, 0.1) is 12.8 Å². The Morgan fingerprint density at radius 1 is 1.14 bits per heavy atom. The van der Waals surface area contributed by atoms with Gasteiger partial charge in [0, 0.05) is 22.7 Å². The van der Waals surface area contributed by atoms with Gasteiger partial charge in [0.2, 0.25) is 0 Å². The highest BCUT2D eigenvalue weighted by molar-refractivity contribution is 7.13. The Labute approximate surface area is 138 Å². The van der Waals surface area contributed by atoms with Gasteiger partial charge in [-0.15, -0.1) is 11.3 Å². The van der Waals surface area contributed by atoms with Crippen LogP contribution < -0.4 is 4.74 Å². The lowest BCUT2D eigenvalue weighted by molar-refractivity contribution is 0.414. The van der Waals surface area contributed by atoms with Gasteiger partial charge >= 0.3 is 0 Å². The molecule has 5 heteroatoms. The number of rotatable bonds is 3. The first-order chi connectivity index (χ1) is 10.6. The molecule has 2 aromatic heterocycles. The van der Waals surface area contributed by atoms with E-state index in [4.69, 9.17) is 21.3 Å². The molecule has 22 heavy (non-hydrogen) atoms. The standard InChI is InChI=1S/C17H15ClN2OS/c1-10-6-13(21-3)7-11(2)16(10)14-9-22-17(20-14)12-4-5-19-15(18)8-12/h4-9H,1-3H3. The molecule has 0 aliphatic rings. The normalized spacial score (nSPS) is 10.7. The summed E-state index contributed by atoms with van der Waals surface area (Å²) in [5, 5.41) is 3.49. The van der Waals surface area contributed by atoms with Gasteiger partial charge in [-0.2, -0.15) is 0 Å². The average Bonchev–Trinajstić information content (AvgIpc) is 2.96. The molecule has 0 saturated heterocycles. The van der Waals surface area contributed by atoms with Crippen LogP contribution >= 0.6 is 22.9 Å². The molecule has 0 saturated carbocycles. The third-order valence-corrected chi connectivity index (χ3v) is 4.57. The third kappa shape index (κ3) is 2.85. The monoisotopic (exact) mass is 330 g/mol. The highest BCUT2D eigenvalue weighted by Gasteiger charge is 2.13. The molecule has 0 aliphatic heterocycles. The summed E-state index contributed by atoms with van der Waals surface area (Å²) in [5.41, 5.74) is 5.43. The number of nitrogens with zero attached hydrogens (tertiary/aromatic N) is 2. The number of hydrogen-bond donors (Lipinski definition) is 0. The number of hydrogen-bond acceptors (Lipinski definition) is 4. The Morgan fingerprint density at radius 2 is 1.86 bits per heavy atom. The lowest BCUT2D eigenvalue weighted by Gasteiger charge is -2.10. The van der Waals surface area contributed by atoms with E-state index in [1.165, 1.54) is 0 Å². The topological polar surface area (TPSA) is 35.0 Å². The van der Waals surface area contributed by atoms with Crippen LogP contribution in [0, 0.1) is 13.8 Å². The molecule has 3 nitrogen and oxygen atoms in total.